The largest absolute Gasteiger partial charge is 0.366 e. The number of halogens is 3. The maximum absolute atomic E-state index is 6.23. The molecule has 0 saturated carbocycles. The Morgan fingerprint density at radius 2 is 1.95 bits per heavy atom. The van der Waals surface area contributed by atoms with Crippen LogP contribution in [0.5, 0.6) is 0 Å². The van der Waals surface area contributed by atoms with E-state index < -0.39 is 0 Å². The Morgan fingerprint density at radius 3 is 2.80 bits per heavy atom. The van der Waals surface area contributed by atoms with Gasteiger partial charge in [-0.05, 0) is 36.6 Å². The van der Waals surface area contributed by atoms with E-state index >= 15 is 0 Å². The standard InChI is InChI=1S/C14H12Cl3N3/c15-10-3-4-11(16)9(6-10)8-20-5-1-2-12-13(20)7-14(17)19-18-12/h3-4,6-7H,1-2,5,8H2. The summed E-state index contributed by atoms with van der Waals surface area (Å²) in [6, 6.07) is 7.37. The molecule has 3 nitrogen and oxygen atoms in total. The molecule has 0 spiro atoms. The van der Waals surface area contributed by atoms with Gasteiger partial charge in [0.1, 0.15) is 0 Å². The van der Waals surface area contributed by atoms with Crippen molar-refractivity contribution < 1.29 is 0 Å². The van der Waals surface area contributed by atoms with Crippen molar-refractivity contribution in [1.29, 1.82) is 0 Å². The quantitative estimate of drug-likeness (QED) is 0.818. The number of fused-ring (bicyclic) bond motifs is 1. The zero-order valence-corrected chi connectivity index (χ0v) is 12.9. The van der Waals surface area contributed by atoms with Gasteiger partial charge in [0.15, 0.2) is 5.15 Å². The Balaban J connectivity index is 1.93. The van der Waals surface area contributed by atoms with Gasteiger partial charge < -0.3 is 4.90 Å². The van der Waals surface area contributed by atoms with Crippen LogP contribution < -0.4 is 4.90 Å². The predicted octanol–water partition coefficient (Wildman–Crippen LogP) is 4.39. The molecular formula is C14H12Cl3N3. The van der Waals surface area contributed by atoms with Crippen LogP contribution in [0.15, 0.2) is 24.3 Å². The second-order valence-electron chi connectivity index (χ2n) is 4.76. The number of hydrogen-bond donors (Lipinski definition) is 0. The van der Waals surface area contributed by atoms with Crippen LogP contribution in [0.1, 0.15) is 17.7 Å². The van der Waals surface area contributed by atoms with Crippen molar-refractivity contribution in [2.45, 2.75) is 19.4 Å². The molecule has 2 aromatic rings. The van der Waals surface area contributed by atoms with Crippen LogP contribution in [0.2, 0.25) is 15.2 Å². The summed E-state index contributed by atoms with van der Waals surface area (Å²) < 4.78 is 0. The molecule has 0 fully saturated rings. The van der Waals surface area contributed by atoms with E-state index in [4.69, 9.17) is 34.8 Å². The van der Waals surface area contributed by atoms with Gasteiger partial charge in [0.25, 0.3) is 0 Å². The summed E-state index contributed by atoms with van der Waals surface area (Å²) in [6.45, 7) is 1.63. The topological polar surface area (TPSA) is 29.0 Å². The summed E-state index contributed by atoms with van der Waals surface area (Å²) in [5.74, 6) is 0. The number of hydrogen-bond acceptors (Lipinski definition) is 3. The van der Waals surface area contributed by atoms with Crippen molar-refractivity contribution in [3.8, 4) is 0 Å². The monoisotopic (exact) mass is 327 g/mol. The maximum atomic E-state index is 6.23. The zero-order valence-electron chi connectivity index (χ0n) is 10.6. The lowest BCUT2D eigenvalue weighted by Crippen LogP contribution is -2.29. The number of anilines is 1. The van der Waals surface area contributed by atoms with E-state index in [-0.39, 0.29) is 0 Å². The number of benzene rings is 1. The van der Waals surface area contributed by atoms with Gasteiger partial charge in [0.2, 0.25) is 0 Å². The molecule has 1 aliphatic rings. The first-order valence-corrected chi connectivity index (χ1v) is 7.48. The van der Waals surface area contributed by atoms with Gasteiger partial charge in [-0.15, -0.1) is 5.10 Å². The van der Waals surface area contributed by atoms with Crippen LogP contribution in [0, 0.1) is 0 Å². The molecule has 20 heavy (non-hydrogen) atoms. The number of aromatic nitrogens is 2. The molecule has 2 heterocycles. The summed E-state index contributed by atoms with van der Waals surface area (Å²) >= 11 is 18.2. The first-order valence-electron chi connectivity index (χ1n) is 6.34. The van der Waals surface area contributed by atoms with Gasteiger partial charge in [-0.25, -0.2) is 0 Å². The van der Waals surface area contributed by atoms with Crippen molar-refractivity contribution in [2.24, 2.45) is 0 Å². The third kappa shape index (κ3) is 2.85. The number of rotatable bonds is 2. The van der Waals surface area contributed by atoms with Crippen LogP contribution >= 0.6 is 34.8 Å². The highest BCUT2D eigenvalue weighted by Crippen LogP contribution is 2.30. The van der Waals surface area contributed by atoms with E-state index in [9.17, 15) is 0 Å². The number of nitrogens with zero attached hydrogens (tertiary/aromatic N) is 3. The fourth-order valence-corrected chi connectivity index (χ4v) is 2.94. The Bertz CT molecular complexity index is 646. The van der Waals surface area contributed by atoms with Crippen molar-refractivity contribution in [3.05, 3.63) is 50.7 Å². The molecule has 1 aliphatic heterocycles. The normalized spacial score (nSPS) is 14.2. The molecule has 0 unspecified atom stereocenters. The van der Waals surface area contributed by atoms with Gasteiger partial charge in [-0.1, -0.05) is 34.8 Å². The molecule has 1 aromatic carbocycles. The maximum Gasteiger partial charge on any atom is 0.153 e. The first-order chi connectivity index (χ1) is 9.63. The third-order valence-electron chi connectivity index (χ3n) is 3.37. The Hall–Kier alpha value is -1.03. The second-order valence-corrected chi connectivity index (χ2v) is 5.99. The van der Waals surface area contributed by atoms with Crippen molar-refractivity contribution in [3.63, 3.8) is 0 Å². The fourth-order valence-electron chi connectivity index (χ4n) is 2.43. The molecule has 3 rings (SSSR count). The number of aryl methyl sites for hydroxylation is 1. The van der Waals surface area contributed by atoms with Gasteiger partial charge in [0, 0.05) is 29.2 Å². The van der Waals surface area contributed by atoms with Gasteiger partial charge in [-0.3, -0.25) is 0 Å². The summed E-state index contributed by atoms with van der Waals surface area (Å²) in [5, 5.41) is 9.89. The third-order valence-corrected chi connectivity index (χ3v) is 4.16. The lowest BCUT2D eigenvalue weighted by molar-refractivity contribution is 0.666. The van der Waals surface area contributed by atoms with Crippen molar-refractivity contribution in [1.82, 2.24) is 10.2 Å². The van der Waals surface area contributed by atoms with E-state index in [1.54, 1.807) is 6.07 Å². The Kier molecular flexibility index (Phi) is 4.01. The van der Waals surface area contributed by atoms with E-state index in [1.165, 1.54) is 0 Å². The van der Waals surface area contributed by atoms with Crippen LogP contribution in [0.3, 0.4) is 0 Å². The lowest BCUT2D eigenvalue weighted by Gasteiger charge is -2.30. The molecule has 104 valence electrons. The molecular weight excluding hydrogens is 317 g/mol. The minimum absolute atomic E-state index is 0.410. The highest BCUT2D eigenvalue weighted by Gasteiger charge is 2.20. The highest BCUT2D eigenvalue weighted by molar-refractivity contribution is 6.33. The SMILES string of the molecule is Clc1ccc(Cl)c(CN2CCCc3nnc(Cl)cc32)c1. The van der Waals surface area contributed by atoms with Crippen LogP contribution in [-0.2, 0) is 13.0 Å². The lowest BCUT2D eigenvalue weighted by atomic mass is 10.1. The van der Waals surface area contributed by atoms with Crippen LogP contribution in [-0.4, -0.2) is 16.7 Å². The average Bonchev–Trinajstić information content (AvgIpc) is 2.43. The fraction of sp³-hybridized carbons (Fsp3) is 0.286. The van der Waals surface area contributed by atoms with E-state index in [0.717, 1.165) is 41.4 Å². The zero-order chi connectivity index (χ0) is 14.1. The van der Waals surface area contributed by atoms with Crippen LogP contribution in [0.4, 0.5) is 5.69 Å². The van der Waals surface area contributed by atoms with Gasteiger partial charge in [-0.2, -0.15) is 5.10 Å². The van der Waals surface area contributed by atoms with E-state index in [0.29, 0.717) is 16.7 Å². The molecule has 0 amide bonds. The summed E-state index contributed by atoms with van der Waals surface area (Å²) in [4.78, 5) is 2.22. The Labute approximate surface area is 132 Å². The second kappa shape index (κ2) is 5.76. The Morgan fingerprint density at radius 1 is 1.10 bits per heavy atom. The molecule has 0 saturated heterocycles. The van der Waals surface area contributed by atoms with Gasteiger partial charge >= 0.3 is 0 Å². The van der Waals surface area contributed by atoms with Crippen molar-refractivity contribution in [2.75, 3.05) is 11.4 Å². The molecule has 0 bridgehead atoms. The molecule has 6 heteroatoms. The minimum atomic E-state index is 0.410. The van der Waals surface area contributed by atoms with E-state index in [2.05, 4.69) is 15.1 Å². The summed E-state index contributed by atoms with van der Waals surface area (Å²) in [7, 11) is 0. The summed E-state index contributed by atoms with van der Waals surface area (Å²) in [5.41, 5.74) is 3.02. The molecule has 1 aromatic heterocycles. The van der Waals surface area contributed by atoms with Crippen molar-refractivity contribution >= 4 is 40.5 Å². The molecule has 0 aliphatic carbocycles. The smallest absolute Gasteiger partial charge is 0.153 e. The van der Waals surface area contributed by atoms with E-state index in [1.807, 2.05) is 18.2 Å². The first kappa shape index (κ1) is 13.9. The summed E-state index contributed by atoms with van der Waals surface area (Å²) in [6.07, 6.45) is 1.97. The van der Waals surface area contributed by atoms with Gasteiger partial charge in [0.05, 0.1) is 11.4 Å². The molecule has 0 N–H and O–H groups in total. The predicted molar refractivity (Wildman–Crippen MR) is 82.9 cm³/mol. The van der Waals surface area contributed by atoms with Crippen LogP contribution in [0.25, 0.3) is 0 Å². The highest BCUT2D eigenvalue weighted by atomic mass is 35.5. The molecule has 0 radical (unpaired) electrons. The average molecular weight is 329 g/mol. The molecule has 0 atom stereocenters. The minimum Gasteiger partial charge on any atom is -0.366 e.